The second-order valence-electron chi connectivity index (χ2n) is 7.25. The molecule has 1 atom stereocenters. The van der Waals surface area contributed by atoms with Crippen LogP contribution in [0.4, 0.5) is 20.2 Å². The highest BCUT2D eigenvalue weighted by Crippen LogP contribution is 2.18. The van der Waals surface area contributed by atoms with Gasteiger partial charge < -0.3 is 24.8 Å². The van der Waals surface area contributed by atoms with Crippen molar-refractivity contribution < 1.29 is 37.4 Å². The Morgan fingerprint density at radius 1 is 0.914 bits per heavy atom. The first kappa shape index (κ1) is 25.2. The van der Waals surface area contributed by atoms with Gasteiger partial charge in [-0.3, -0.25) is 9.59 Å². The average Bonchev–Trinajstić information content (AvgIpc) is 2.84. The van der Waals surface area contributed by atoms with Gasteiger partial charge in [0.2, 0.25) is 0 Å². The Morgan fingerprint density at radius 3 is 2.34 bits per heavy atom. The van der Waals surface area contributed by atoms with Crippen molar-refractivity contribution in [1.29, 1.82) is 0 Å². The second kappa shape index (κ2) is 11.6. The Hall–Kier alpha value is -4.47. The number of halogens is 2. The Morgan fingerprint density at radius 2 is 1.66 bits per heavy atom. The maximum absolute atomic E-state index is 13.7. The number of anilines is 2. The molecule has 0 radical (unpaired) electrons. The van der Waals surface area contributed by atoms with Crippen LogP contribution in [0.25, 0.3) is 0 Å². The van der Waals surface area contributed by atoms with E-state index in [1.165, 1.54) is 38.3 Å². The molecule has 10 heteroatoms. The molecular weight excluding hydrogens is 462 g/mol. The van der Waals surface area contributed by atoms with Crippen molar-refractivity contribution in [3.63, 3.8) is 0 Å². The molecule has 0 bridgehead atoms. The summed E-state index contributed by atoms with van der Waals surface area (Å²) in [6.07, 6.45) is -1.25. The van der Waals surface area contributed by atoms with Gasteiger partial charge in [-0.15, -0.1) is 0 Å². The van der Waals surface area contributed by atoms with E-state index in [1.807, 2.05) is 0 Å². The first-order chi connectivity index (χ1) is 16.7. The molecule has 0 aliphatic carbocycles. The molecule has 0 saturated heterocycles. The molecule has 3 aromatic carbocycles. The molecule has 0 spiro atoms. The molecule has 3 rings (SSSR count). The Bertz CT molecular complexity index is 1220. The Kier molecular flexibility index (Phi) is 8.33. The van der Waals surface area contributed by atoms with Gasteiger partial charge in [-0.25, -0.2) is 13.6 Å². The number of ether oxygens (including phenoxy) is 3. The van der Waals surface area contributed by atoms with Crippen molar-refractivity contribution in [2.75, 3.05) is 24.4 Å². The third kappa shape index (κ3) is 7.26. The standard InChI is InChI=1S/C25H22F2N2O6/c1-15(24(31)29-22-11-8-17(26)12-21(22)27)35-25(32)16-6-9-19(10-7-16)34-14-23(30)28-18-4-3-5-20(13-18)33-2/h3-13,15H,14H2,1-2H3,(H,28,30)(H,29,31). The van der Waals surface area contributed by atoms with E-state index in [0.717, 1.165) is 12.1 Å². The van der Waals surface area contributed by atoms with Crippen molar-refractivity contribution in [1.82, 2.24) is 0 Å². The number of carbonyl (C=O) groups is 3. The molecule has 8 nitrogen and oxygen atoms in total. The van der Waals surface area contributed by atoms with Crippen molar-refractivity contribution in [3.8, 4) is 11.5 Å². The number of hydrogen-bond acceptors (Lipinski definition) is 6. The second-order valence-corrected chi connectivity index (χ2v) is 7.25. The van der Waals surface area contributed by atoms with Gasteiger partial charge in [0.15, 0.2) is 12.7 Å². The van der Waals surface area contributed by atoms with Crippen molar-refractivity contribution >= 4 is 29.2 Å². The van der Waals surface area contributed by atoms with Gasteiger partial charge in [-0.05, 0) is 55.5 Å². The number of carbonyl (C=O) groups excluding carboxylic acids is 3. The van der Waals surface area contributed by atoms with E-state index in [0.29, 0.717) is 23.3 Å². The van der Waals surface area contributed by atoms with Gasteiger partial charge in [-0.1, -0.05) is 6.07 Å². The van der Waals surface area contributed by atoms with Crippen LogP contribution in [-0.2, 0) is 14.3 Å². The summed E-state index contributed by atoms with van der Waals surface area (Å²) in [5.41, 5.74) is 0.443. The van der Waals surface area contributed by atoms with E-state index < -0.39 is 29.6 Å². The number of benzene rings is 3. The number of amides is 2. The van der Waals surface area contributed by atoms with Crippen LogP contribution in [0.2, 0.25) is 0 Å². The largest absolute Gasteiger partial charge is 0.497 e. The lowest BCUT2D eigenvalue weighted by Crippen LogP contribution is -2.30. The molecule has 0 fully saturated rings. The van der Waals surface area contributed by atoms with Crippen LogP contribution < -0.4 is 20.1 Å². The molecule has 182 valence electrons. The third-order valence-electron chi connectivity index (χ3n) is 4.66. The van der Waals surface area contributed by atoms with Gasteiger partial charge >= 0.3 is 5.97 Å². The molecule has 3 aromatic rings. The van der Waals surface area contributed by atoms with E-state index in [9.17, 15) is 23.2 Å². The summed E-state index contributed by atoms with van der Waals surface area (Å²) in [5.74, 6) is -2.78. The number of hydrogen-bond donors (Lipinski definition) is 2. The average molecular weight is 484 g/mol. The van der Waals surface area contributed by atoms with Crippen LogP contribution in [0.5, 0.6) is 11.5 Å². The molecule has 1 unspecified atom stereocenters. The minimum atomic E-state index is -1.25. The summed E-state index contributed by atoms with van der Waals surface area (Å²) < 4.78 is 42.3. The lowest BCUT2D eigenvalue weighted by Gasteiger charge is -2.14. The summed E-state index contributed by atoms with van der Waals surface area (Å²) in [4.78, 5) is 36.6. The van der Waals surface area contributed by atoms with Crippen LogP contribution in [-0.4, -0.2) is 37.6 Å². The van der Waals surface area contributed by atoms with Crippen LogP contribution in [0, 0.1) is 11.6 Å². The summed E-state index contributed by atoms with van der Waals surface area (Å²) in [6, 6.07) is 15.3. The molecule has 2 N–H and O–H groups in total. The quantitative estimate of drug-likeness (QED) is 0.442. The smallest absolute Gasteiger partial charge is 0.338 e. The maximum atomic E-state index is 13.7. The predicted molar refractivity (Wildman–Crippen MR) is 123 cm³/mol. The molecule has 0 saturated carbocycles. The topological polar surface area (TPSA) is 103 Å². The summed E-state index contributed by atoms with van der Waals surface area (Å²) in [6.45, 7) is 1.05. The number of rotatable bonds is 9. The minimum absolute atomic E-state index is 0.130. The minimum Gasteiger partial charge on any atom is -0.497 e. The van der Waals surface area contributed by atoms with E-state index >= 15 is 0 Å². The predicted octanol–water partition coefficient (Wildman–Crippen LogP) is 4.17. The molecule has 0 aliphatic rings. The maximum Gasteiger partial charge on any atom is 0.338 e. The lowest BCUT2D eigenvalue weighted by atomic mass is 10.2. The summed E-state index contributed by atoms with van der Waals surface area (Å²) in [7, 11) is 1.52. The van der Waals surface area contributed by atoms with E-state index in [4.69, 9.17) is 14.2 Å². The fourth-order valence-electron chi connectivity index (χ4n) is 2.84. The van der Waals surface area contributed by atoms with Crippen LogP contribution in [0.1, 0.15) is 17.3 Å². The fraction of sp³-hybridized carbons (Fsp3) is 0.160. The molecule has 0 aliphatic heterocycles. The Balaban J connectivity index is 1.48. The summed E-state index contributed by atoms with van der Waals surface area (Å²) in [5, 5.41) is 4.91. The zero-order chi connectivity index (χ0) is 25.4. The fourth-order valence-corrected chi connectivity index (χ4v) is 2.84. The summed E-state index contributed by atoms with van der Waals surface area (Å²) >= 11 is 0. The number of methoxy groups -OCH3 is 1. The number of esters is 1. The normalized spacial score (nSPS) is 11.2. The highest BCUT2D eigenvalue weighted by atomic mass is 19.1. The highest BCUT2D eigenvalue weighted by Gasteiger charge is 2.20. The Labute approximate surface area is 199 Å². The molecule has 35 heavy (non-hydrogen) atoms. The van der Waals surface area contributed by atoms with E-state index in [-0.39, 0.29) is 23.8 Å². The van der Waals surface area contributed by atoms with Crippen molar-refractivity contribution in [2.24, 2.45) is 0 Å². The zero-order valence-electron chi connectivity index (χ0n) is 18.8. The SMILES string of the molecule is COc1cccc(NC(=O)COc2ccc(C(=O)OC(C)C(=O)Nc3ccc(F)cc3F)cc2)c1. The first-order valence-electron chi connectivity index (χ1n) is 10.4. The molecule has 0 heterocycles. The van der Waals surface area contributed by atoms with E-state index in [2.05, 4.69) is 10.6 Å². The van der Waals surface area contributed by atoms with Gasteiger partial charge in [0.1, 0.15) is 23.1 Å². The molecule has 2 amide bonds. The van der Waals surface area contributed by atoms with Gasteiger partial charge in [-0.2, -0.15) is 0 Å². The van der Waals surface area contributed by atoms with Gasteiger partial charge in [0, 0.05) is 17.8 Å². The van der Waals surface area contributed by atoms with E-state index in [1.54, 1.807) is 24.3 Å². The molecular formula is C25H22F2N2O6. The van der Waals surface area contributed by atoms with Crippen LogP contribution in [0.3, 0.4) is 0 Å². The lowest BCUT2D eigenvalue weighted by molar-refractivity contribution is -0.123. The molecule has 0 aromatic heterocycles. The van der Waals surface area contributed by atoms with Crippen molar-refractivity contribution in [2.45, 2.75) is 13.0 Å². The van der Waals surface area contributed by atoms with Gasteiger partial charge in [0.25, 0.3) is 11.8 Å². The van der Waals surface area contributed by atoms with Gasteiger partial charge in [0.05, 0.1) is 18.4 Å². The van der Waals surface area contributed by atoms with Crippen molar-refractivity contribution in [3.05, 3.63) is 83.9 Å². The van der Waals surface area contributed by atoms with Crippen LogP contribution in [0.15, 0.2) is 66.7 Å². The zero-order valence-corrected chi connectivity index (χ0v) is 18.8. The third-order valence-corrected chi connectivity index (χ3v) is 4.66. The highest BCUT2D eigenvalue weighted by molar-refractivity contribution is 5.97. The monoisotopic (exact) mass is 484 g/mol. The first-order valence-corrected chi connectivity index (χ1v) is 10.4. The van der Waals surface area contributed by atoms with Crippen LogP contribution >= 0.6 is 0 Å². The number of nitrogens with one attached hydrogen (secondary N) is 2.